The van der Waals surface area contributed by atoms with Crippen molar-refractivity contribution >= 4 is 18.0 Å². The lowest BCUT2D eigenvalue weighted by atomic mass is 9.98. The monoisotopic (exact) mass is 450 g/mol. The van der Waals surface area contributed by atoms with Crippen molar-refractivity contribution in [1.29, 1.82) is 0 Å². The SMILES string of the molecule is O=C(N[C@H]1CCO[C@H]1C(=O)NCC1CC1C(=O)O)OCC1c2ccccc2-c2ccccc21. The minimum absolute atomic E-state index is 0.0391. The highest BCUT2D eigenvalue weighted by molar-refractivity contribution is 5.83. The van der Waals surface area contributed by atoms with E-state index < -0.39 is 24.2 Å². The van der Waals surface area contributed by atoms with Crippen LogP contribution in [0.4, 0.5) is 4.79 Å². The molecule has 2 aromatic carbocycles. The number of carbonyl (C=O) groups is 3. The van der Waals surface area contributed by atoms with Gasteiger partial charge in [-0.15, -0.1) is 0 Å². The third-order valence-corrected chi connectivity index (χ3v) is 6.78. The first-order chi connectivity index (χ1) is 16.0. The van der Waals surface area contributed by atoms with Gasteiger partial charge in [0.15, 0.2) is 6.10 Å². The van der Waals surface area contributed by atoms with E-state index in [4.69, 9.17) is 14.6 Å². The molecule has 3 N–H and O–H groups in total. The van der Waals surface area contributed by atoms with Crippen LogP contribution in [0.25, 0.3) is 11.1 Å². The molecule has 172 valence electrons. The predicted molar refractivity (Wildman–Crippen MR) is 119 cm³/mol. The number of carboxylic acids is 1. The van der Waals surface area contributed by atoms with Crippen LogP contribution >= 0.6 is 0 Å². The second-order valence-corrected chi connectivity index (χ2v) is 8.84. The predicted octanol–water partition coefficient (Wildman–Crippen LogP) is 2.52. The van der Waals surface area contributed by atoms with Gasteiger partial charge in [0.1, 0.15) is 6.61 Å². The molecule has 2 amide bonds. The summed E-state index contributed by atoms with van der Waals surface area (Å²) in [6.07, 6.45) is -0.322. The Hall–Kier alpha value is -3.39. The average molecular weight is 450 g/mol. The van der Waals surface area contributed by atoms with Crippen LogP contribution in [0.15, 0.2) is 48.5 Å². The Labute approximate surface area is 191 Å². The van der Waals surface area contributed by atoms with Crippen molar-refractivity contribution in [3.63, 3.8) is 0 Å². The summed E-state index contributed by atoms with van der Waals surface area (Å²) in [6.45, 7) is 0.851. The molecule has 5 rings (SSSR count). The average Bonchev–Trinajstić information content (AvgIpc) is 3.35. The van der Waals surface area contributed by atoms with E-state index in [-0.39, 0.29) is 30.3 Å². The number of aliphatic carboxylic acids is 1. The molecule has 1 heterocycles. The Bertz CT molecular complexity index is 1040. The van der Waals surface area contributed by atoms with Gasteiger partial charge in [0.25, 0.3) is 5.91 Å². The highest BCUT2D eigenvalue weighted by atomic mass is 16.6. The van der Waals surface area contributed by atoms with Crippen molar-refractivity contribution in [2.75, 3.05) is 19.8 Å². The Morgan fingerprint density at radius 3 is 2.33 bits per heavy atom. The number of ether oxygens (including phenoxy) is 2. The van der Waals surface area contributed by atoms with Gasteiger partial charge in [-0.25, -0.2) is 4.79 Å². The normalized spacial score (nSPS) is 25.1. The van der Waals surface area contributed by atoms with Gasteiger partial charge in [-0.2, -0.15) is 0 Å². The zero-order valence-electron chi connectivity index (χ0n) is 18.0. The minimum atomic E-state index is -0.832. The first-order valence-corrected chi connectivity index (χ1v) is 11.3. The zero-order chi connectivity index (χ0) is 22.9. The van der Waals surface area contributed by atoms with Crippen LogP contribution in [0, 0.1) is 11.8 Å². The lowest BCUT2D eigenvalue weighted by Gasteiger charge is -2.20. The number of amides is 2. The maximum atomic E-state index is 12.6. The molecule has 1 saturated carbocycles. The summed E-state index contributed by atoms with van der Waals surface area (Å²) < 4.78 is 11.1. The van der Waals surface area contributed by atoms with Gasteiger partial charge in [-0.05, 0) is 41.0 Å². The molecule has 0 radical (unpaired) electrons. The number of hydrogen-bond acceptors (Lipinski definition) is 5. The molecular weight excluding hydrogens is 424 g/mol. The number of rotatable bonds is 7. The molecule has 8 heteroatoms. The molecule has 0 bridgehead atoms. The van der Waals surface area contributed by atoms with E-state index in [9.17, 15) is 14.4 Å². The van der Waals surface area contributed by atoms with Crippen LogP contribution in [0.2, 0.25) is 0 Å². The largest absolute Gasteiger partial charge is 0.481 e. The third kappa shape index (κ3) is 4.30. The fourth-order valence-electron chi connectivity index (χ4n) is 4.90. The molecule has 1 saturated heterocycles. The Morgan fingerprint density at radius 2 is 1.70 bits per heavy atom. The van der Waals surface area contributed by atoms with Crippen LogP contribution in [0.5, 0.6) is 0 Å². The molecule has 0 aromatic heterocycles. The van der Waals surface area contributed by atoms with Crippen molar-refractivity contribution in [3.05, 3.63) is 59.7 Å². The number of carbonyl (C=O) groups excluding carboxylic acids is 2. The summed E-state index contributed by atoms with van der Waals surface area (Å²) in [5, 5.41) is 14.5. The summed E-state index contributed by atoms with van der Waals surface area (Å²) in [5.74, 6) is -1.64. The topological polar surface area (TPSA) is 114 Å². The lowest BCUT2D eigenvalue weighted by Crippen LogP contribution is -2.48. The van der Waals surface area contributed by atoms with Gasteiger partial charge in [-0.3, -0.25) is 9.59 Å². The smallest absolute Gasteiger partial charge is 0.407 e. The lowest BCUT2D eigenvalue weighted by molar-refractivity contribution is -0.139. The summed E-state index contributed by atoms with van der Waals surface area (Å²) in [6, 6.07) is 15.7. The van der Waals surface area contributed by atoms with E-state index in [1.54, 1.807) is 0 Å². The van der Waals surface area contributed by atoms with Gasteiger partial charge < -0.3 is 25.2 Å². The number of fused-ring (bicyclic) bond motifs is 3. The first-order valence-electron chi connectivity index (χ1n) is 11.3. The number of carboxylic acid groups (broad SMARTS) is 1. The molecule has 2 aromatic rings. The van der Waals surface area contributed by atoms with Crippen LogP contribution in [-0.2, 0) is 19.1 Å². The molecule has 4 atom stereocenters. The number of nitrogens with one attached hydrogen (secondary N) is 2. The van der Waals surface area contributed by atoms with E-state index in [1.807, 2.05) is 24.3 Å². The van der Waals surface area contributed by atoms with Gasteiger partial charge in [-0.1, -0.05) is 48.5 Å². The second-order valence-electron chi connectivity index (χ2n) is 8.84. The molecule has 3 aliphatic rings. The second kappa shape index (κ2) is 8.86. The van der Waals surface area contributed by atoms with E-state index in [2.05, 4.69) is 34.9 Å². The van der Waals surface area contributed by atoms with Crippen molar-refractivity contribution in [2.45, 2.75) is 30.9 Å². The molecular formula is C25H26N2O6. The maximum absolute atomic E-state index is 12.6. The van der Waals surface area contributed by atoms with E-state index in [0.29, 0.717) is 26.0 Å². The fraction of sp³-hybridized carbons (Fsp3) is 0.400. The highest BCUT2D eigenvalue weighted by Crippen LogP contribution is 2.44. The van der Waals surface area contributed by atoms with Crippen molar-refractivity contribution in [2.24, 2.45) is 11.8 Å². The Morgan fingerprint density at radius 1 is 1.03 bits per heavy atom. The van der Waals surface area contributed by atoms with Crippen molar-refractivity contribution in [3.8, 4) is 11.1 Å². The Balaban J connectivity index is 1.15. The molecule has 33 heavy (non-hydrogen) atoms. The molecule has 2 unspecified atom stereocenters. The standard InChI is InChI=1S/C25H26N2O6/c28-23(26-12-14-11-19(14)24(29)30)22-21(9-10-32-22)27-25(31)33-13-20-17-7-3-1-5-15(17)16-6-2-4-8-18(16)20/h1-8,14,19-22H,9-13H2,(H,26,28)(H,27,31)(H,29,30)/t14?,19?,21-,22+/m0/s1. The maximum Gasteiger partial charge on any atom is 0.407 e. The molecule has 2 aliphatic carbocycles. The van der Waals surface area contributed by atoms with Gasteiger partial charge >= 0.3 is 12.1 Å². The fourth-order valence-corrected chi connectivity index (χ4v) is 4.90. The number of alkyl carbamates (subject to hydrolysis) is 1. The minimum Gasteiger partial charge on any atom is -0.481 e. The molecule has 0 spiro atoms. The molecule has 8 nitrogen and oxygen atoms in total. The molecule has 1 aliphatic heterocycles. The summed E-state index contributed by atoms with van der Waals surface area (Å²) in [5.41, 5.74) is 4.58. The van der Waals surface area contributed by atoms with Gasteiger partial charge in [0.2, 0.25) is 0 Å². The van der Waals surface area contributed by atoms with E-state index in [0.717, 1.165) is 22.3 Å². The van der Waals surface area contributed by atoms with Crippen molar-refractivity contribution < 1.29 is 29.0 Å². The highest BCUT2D eigenvalue weighted by Gasteiger charge is 2.44. The summed E-state index contributed by atoms with van der Waals surface area (Å²) in [7, 11) is 0. The quantitative estimate of drug-likeness (QED) is 0.597. The summed E-state index contributed by atoms with van der Waals surface area (Å²) >= 11 is 0. The number of benzene rings is 2. The van der Waals surface area contributed by atoms with Crippen LogP contribution in [0.3, 0.4) is 0 Å². The summed E-state index contributed by atoms with van der Waals surface area (Å²) in [4.78, 5) is 36.0. The van der Waals surface area contributed by atoms with Gasteiger partial charge in [0.05, 0.1) is 12.0 Å². The third-order valence-electron chi connectivity index (χ3n) is 6.78. The van der Waals surface area contributed by atoms with E-state index in [1.165, 1.54) is 0 Å². The van der Waals surface area contributed by atoms with Crippen LogP contribution in [0.1, 0.15) is 29.9 Å². The number of hydrogen-bond donors (Lipinski definition) is 3. The van der Waals surface area contributed by atoms with Crippen LogP contribution < -0.4 is 10.6 Å². The molecule has 2 fully saturated rings. The zero-order valence-corrected chi connectivity index (χ0v) is 18.0. The van der Waals surface area contributed by atoms with Crippen LogP contribution in [-0.4, -0.2) is 55.0 Å². The van der Waals surface area contributed by atoms with E-state index >= 15 is 0 Å². The Kier molecular flexibility index (Phi) is 5.76. The first kappa shape index (κ1) is 21.5. The van der Waals surface area contributed by atoms with Gasteiger partial charge in [0, 0.05) is 19.1 Å². The van der Waals surface area contributed by atoms with Crippen molar-refractivity contribution in [1.82, 2.24) is 10.6 Å².